The van der Waals surface area contributed by atoms with Crippen LogP contribution >= 0.6 is 0 Å². The van der Waals surface area contributed by atoms with Gasteiger partial charge in [0.1, 0.15) is 0 Å². The first-order chi connectivity index (χ1) is 13.1. The molecule has 27 heavy (non-hydrogen) atoms. The summed E-state index contributed by atoms with van der Waals surface area (Å²) in [5, 5.41) is 0. The Hall–Kier alpha value is -2.63. The van der Waals surface area contributed by atoms with E-state index in [1.807, 2.05) is 24.3 Å². The van der Waals surface area contributed by atoms with E-state index < -0.39 is 11.9 Å². The lowest BCUT2D eigenvalue weighted by Gasteiger charge is -2.06. The number of halogens is 1. The maximum absolute atomic E-state index is 11.9. The molecule has 0 aromatic heterocycles. The van der Waals surface area contributed by atoms with Crippen molar-refractivity contribution in [3.63, 3.8) is 0 Å². The summed E-state index contributed by atoms with van der Waals surface area (Å²) in [5.41, 5.74) is 3.16. The molecule has 0 spiro atoms. The molecule has 2 aromatic rings. The third-order valence-corrected chi connectivity index (χ3v) is 3.77. The van der Waals surface area contributed by atoms with E-state index >= 15 is 0 Å². The normalized spacial score (nSPS) is 9.63. The van der Waals surface area contributed by atoms with Gasteiger partial charge in [-0.25, -0.2) is 9.59 Å². The highest BCUT2D eigenvalue weighted by molar-refractivity contribution is 6.28. The molecule has 0 aliphatic heterocycles. The summed E-state index contributed by atoms with van der Waals surface area (Å²) in [6.07, 6.45) is 4.03. The van der Waals surface area contributed by atoms with Crippen LogP contribution in [0.3, 0.4) is 0 Å². The van der Waals surface area contributed by atoms with Gasteiger partial charge in [-0.3, -0.25) is 4.39 Å². The highest BCUT2D eigenvalue weighted by Crippen LogP contribution is 2.09. The van der Waals surface area contributed by atoms with E-state index in [9.17, 15) is 14.0 Å². The molecule has 0 aliphatic rings. The average molecular weight is 371 g/mol. The molecule has 0 N–H and O–H groups in total. The minimum absolute atomic E-state index is 0.413. The van der Waals surface area contributed by atoms with Crippen LogP contribution in [0.15, 0.2) is 48.5 Å². The highest BCUT2D eigenvalue weighted by Gasteiger charge is 2.14. The summed E-state index contributed by atoms with van der Waals surface area (Å²) in [6, 6.07) is 14.4. The fourth-order valence-corrected chi connectivity index (χ4v) is 2.44. The Morgan fingerprint density at radius 1 is 0.741 bits per heavy atom. The molecule has 0 heterocycles. The van der Waals surface area contributed by atoms with E-state index in [-0.39, 0.29) is 0 Å². The molecular formula is C21H25BFO4. The van der Waals surface area contributed by atoms with Crippen LogP contribution in [0.5, 0.6) is 0 Å². The Balaban J connectivity index is 0.00000176. The van der Waals surface area contributed by atoms with Crippen LogP contribution in [0.4, 0.5) is 4.39 Å². The smallest absolute Gasteiger partial charge is 0.496 e. The van der Waals surface area contributed by atoms with E-state index in [1.165, 1.54) is 11.1 Å². The van der Waals surface area contributed by atoms with Gasteiger partial charge in [-0.15, -0.1) is 0 Å². The maximum atomic E-state index is 11.9. The standard InChI is InChI=1S/C20H22BO4.CH3F/c1-3-5-15-7-11-17(12-8-15)19(22)24-21-25-20(23)18-13-9-16(6-4-2)10-14-18;1-2/h7-14H,3-6H2,1-2H3;1H3. The fourth-order valence-electron chi connectivity index (χ4n) is 2.44. The number of hydrogen-bond acceptors (Lipinski definition) is 4. The molecule has 0 bridgehead atoms. The zero-order valence-electron chi connectivity index (χ0n) is 16.0. The first kappa shape index (κ1) is 22.4. The van der Waals surface area contributed by atoms with Crippen molar-refractivity contribution in [2.24, 2.45) is 0 Å². The molecule has 0 amide bonds. The highest BCUT2D eigenvalue weighted by atomic mass is 19.1. The van der Waals surface area contributed by atoms with E-state index in [0.717, 1.165) is 33.4 Å². The van der Waals surface area contributed by atoms with Gasteiger partial charge in [0.05, 0.1) is 18.3 Å². The van der Waals surface area contributed by atoms with Gasteiger partial charge in [-0.2, -0.15) is 0 Å². The SMILES string of the molecule is CCCc1ccc(C(=O)O[B]OC(=O)c2ccc(CCC)cc2)cc1.CF. The van der Waals surface area contributed by atoms with Crippen LogP contribution in [-0.4, -0.2) is 26.8 Å². The Kier molecular flexibility index (Phi) is 10.5. The molecule has 4 nitrogen and oxygen atoms in total. The average Bonchev–Trinajstić information content (AvgIpc) is 2.71. The summed E-state index contributed by atoms with van der Waals surface area (Å²) in [5.74, 6) is -1.12. The number of alkyl halides is 1. The zero-order chi connectivity index (χ0) is 20.1. The monoisotopic (exact) mass is 371 g/mol. The molecule has 6 heteroatoms. The molecule has 2 aromatic carbocycles. The van der Waals surface area contributed by atoms with E-state index in [1.54, 1.807) is 24.3 Å². The second kappa shape index (κ2) is 12.7. The lowest BCUT2D eigenvalue weighted by molar-refractivity contribution is 0.0632. The number of carbonyl (C=O) groups excluding carboxylic acids is 2. The van der Waals surface area contributed by atoms with Gasteiger partial charge in [-0.05, 0) is 48.2 Å². The predicted octanol–water partition coefficient (Wildman–Crippen LogP) is 4.73. The number of benzene rings is 2. The summed E-state index contributed by atoms with van der Waals surface area (Å²) < 4.78 is 19.3. The molecule has 2 rings (SSSR count). The van der Waals surface area contributed by atoms with Crippen molar-refractivity contribution in [2.45, 2.75) is 39.5 Å². The van der Waals surface area contributed by atoms with Crippen molar-refractivity contribution in [2.75, 3.05) is 7.18 Å². The van der Waals surface area contributed by atoms with Gasteiger partial charge >= 0.3 is 19.6 Å². The number of hydrogen-bond donors (Lipinski definition) is 0. The van der Waals surface area contributed by atoms with Crippen LogP contribution in [0.2, 0.25) is 0 Å². The molecule has 0 saturated heterocycles. The Labute approximate surface area is 161 Å². The molecule has 0 aliphatic carbocycles. The Bertz CT molecular complexity index is 638. The predicted molar refractivity (Wildman–Crippen MR) is 104 cm³/mol. The second-order valence-corrected chi connectivity index (χ2v) is 5.80. The molecule has 0 saturated carbocycles. The van der Waals surface area contributed by atoms with Gasteiger partial charge in [0.2, 0.25) is 0 Å². The first-order valence-electron chi connectivity index (χ1n) is 8.93. The zero-order valence-corrected chi connectivity index (χ0v) is 16.0. The lowest BCUT2D eigenvalue weighted by Crippen LogP contribution is -2.16. The molecule has 0 unspecified atom stereocenters. The maximum Gasteiger partial charge on any atom is 0.662 e. The van der Waals surface area contributed by atoms with Crippen molar-refractivity contribution in [1.29, 1.82) is 0 Å². The van der Waals surface area contributed by atoms with Gasteiger partial charge in [0.15, 0.2) is 0 Å². The number of rotatable bonds is 8. The molecule has 1 radical (unpaired) electrons. The third kappa shape index (κ3) is 7.65. The minimum Gasteiger partial charge on any atom is -0.496 e. The van der Waals surface area contributed by atoms with Crippen LogP contribution in [0, 0.1) is 0 Å². The van der Waals surface area contributed by atoms with Crippen molar-refractivity contribution in [1.82, 2.24) is 0 Å². The van der Waals surface area contributed by atoms with Crippen molar-refractivity contribution >= 4 is 19.6 Å². The lowest BCUT2D eigenvalue weighted by atomic mass is 10.1. The fraction of sp³-hybridized carbons (Fsp3) is 0.333. The molecule has 0 fully saturated rings. The van der Waals surface area contributed by atoms with Crippen LogP contribution in [0.1, 0.15) is 58.5 Å². The topological polar surface area (TPSA) is 52.6 Å². The van der Waals surface area contributed by atoms with Crippen LogP contribution in [-0.2, 0) is 22.2 Å². The Morgan fingerprint density at radius 3 is 1.37 bits per heavy atom. The summed E-state index contributed by atoms with van der Waals surface area (Å²) in [7, 11) is 1.28. The molecule has 143 valence electrons. The third-order valence-electron chi connectivity index (χ3n) is 3.77. The van der Waals surface area contributed by atoms with Crippen molar-refractivity contribution in [3.05, 3.63) is 70.8 Å². The summed E-state index contributed by atoms with van der Waals surface area (Å²) in [6.45, 7) is 4.20. The van der Waals surface area contributed by atoms with Crippen LogP contribution in [0.25, 0.3) is 0 Å². The van der Waals surface area contributed by atoms with E-state index in [4.69, 9.17) is 9.31 Å². The summed E-state index contributed by atoms with van der Waals surface area (Å²) in [4.78, 5) is 23.8. The van der Waals surface area contributed by atoms with Crippen molar-refractivity contribution in [3.8, 4) is 0 Å². The molecular weight excluding hydrogens is 346 g/mol. The van der Waals surface area contributed by atoms with E-state index in [0.29, 0.717) is 18.3 Å². The Morgan fingerprint density at radius 2 is 1.07 bits per heavy atom. The number of carbonyl (C=O) groups is 2. The van der Waals surface area contributed by atoms with Crippen LogP contribution < -0.4 is 0 Å². The van der Waals surface area contributed by atoms with Crippen molar-refractivity contribution < 1.29 is 23.3 Å². The number of aryl methyl sites for hydroxylation is 2. The van der Waals surface area contributed by atoms with Gasteiger partial charge in [-0.1, -0.05) is 51.0 Å². The van der Waals surface area contributed by atoms with Gasteiger partial charge in [0, 0.05) is 0 Å². The first-order valence-corrected chi connectivity index (χ1v) is 8.93. The van der Waals surface area contributed by atoms with Gasteiger partial charge < -0.3 is 9.31 Å². The summed E-state index contributed by atoms with van der Waals surface area (Å²) >= 11 is 0. The second-order valence-electron chi connectivity index (χ2n) is 5.80. The largest absolute Gasteiger partial charge is 0.662 e. The van der Waals surface area contributed by atoms with Gasteiger partial charge in [0.25, 0.3) is 0 Å². The minimum atomic E-state index is -0.561. The van der Waals surface area contributed by atoms with E-state index in [2.05, 4.69) is 13.8 Å². The quantitative estimate of drug-likeness (QED) is 0.630. The molecule has 0 atom stereocenters.